The first-order valence-electron chi connectivity index (χ1n) is 9.49. The van der Waals surface area contributed by atoms with Gasteiger partial charge < -0.3 is 15.4 Å². The van der Waals surface area contributed by atoms with Gasteiger partial charge in [0.1, 0.15) is 5.75 Å². The minimum atomic E-state index is -0.233. The van der Waals surface area contributed by atoms with Gasteiger partial charge in [-0.2, -0.15) is 0 Å². The molecule has 0 aliphatic carbocycles. The van der Waals surface area contributed by atoms with Crippen LogP contribution in [-0.4, -0.2) is 18.4 Å². The van der Waals surface area contributed by atoms with E-state index in [0.717, 1.165) is 24.8 Å². The molecule has 27 heavy (non-hydrogen) atoms. The van der Waals surface area contributed by atoms with Crippen LogP contribution in [0.3, 0.4) is 0 Å². The maximum Gasteiger partial charge on any atom is 0.259 e. The van der Waals surface area contributed by atoms with Gasteiger partial charge in [0.15, 0.2) is 0 Å². The topological polar surface area (TPSA) is 67.4 Å². The molecule has 2 rings (SSSR count). The molecule has 2 aromatic rings. The van der Waals surface area contributed by atoms with E-state index < -0.39 is 0 Å². The molecule has 0 radical (unpaired) electrons. The second-order valence-corrected chi connectivity index (χ2v) is 6.39. The lowest BCUT2D eigenvalue weighted by atomic mass is 10.1. The lowest BCUT2D eigenvalue weighted by Gasteiger charge is -2.15. The number of para-hydroxylation sites is 1. The van der Waals surface area contributed by atoms with E-state index >= 15 is 0 Å². The molecule has 0 saturated carbocycles. The fourth-order valence-electron chi connectivity index (χ4n) is 2.65. The van der Waals surface area contributed by atoms with Crippen LogP contribution >= 0.6 is 0 Å². The fourth-order valence-corrected chi connectivity index (χ4v) is 2.65. The largest absolute Gasteiger partial charge is 0.493 e. The Balaban J connectivity index is 2.13. The number of benzene rings is 2. The van der Waals surface area contributed by atoms with Crippen LogP contribution in [0.4, 0.5) is 11.4 Å². The van der Waals surface area contributed by atoms with Crippen molar-refractivity contribution < 1.29 is 14.3 Å². The molecule has 2 amide bonds. The lowest BCUT2D eigenvalue weighted by molar-refractivity contribution is -0.115. The quantitative estimate of drug-likeness (QED) is 0.600. The molecule has 0 aliphatic heterocycles. The van der Waals surface area contributed by atoms with Crippen LogP contribution in [0.1, 0.15) is 55.5 Å². The number of ether oxygens (including phenoxy) is 1. The highest BCUT2D eigenvalue weighted by Crippen LogP contribution is 2.26. The number of unbranched alkanes of at least 4 members (excludes halogenated alkanes) is 2. The summed E-state index contributed by atoms with van der Waals surface area (Å²) in [4.78, 5) is 24.5. The minimum absolute atomic E-state index is 0.0626. The number of anilines is 2. The van der Waals surface area contributed by atoms with Crippen LogP contribution in [0.2, 0.25) is 0 Å². The smallest absolute Gasteiger partial charge is 0.259 e. The van der Waals surface area contributed by atoms with Crippen molar-refractivity contribution in [2.45, 2.75) is 46.5 Å². The number of amides is 2. The first-order valence-corrected chi connectivity index (χ1v) is 9.49. The second-order valence-electron chi connectivity index (χ2n) is 6.39. The van der Waals surface area contributed by atoms with Crippen LogP contribution in [0.5, 0.6) is 5.75 Å². The predicted octanol–water partition coefficient (Wildman–Crippen LogP) is 5.16. The van der Waals surface area contributed by atoms with Crippen LogP contribution in [0, 0.1) is 6.92 Å². The summed E-state index contributed by atoms with van der Waals surface area (Å²) < 4.78 is 5.80. The van der Waals surface area contributed by atoms with Crippen molar-refractivity contribution in [2.75, 3.05) is 17.2 Å². The Kier molecular flexibility index (Phi) is 7.86. The molecule has 0 saturated heterocycles. The molecule has 0 bridgehead atoms. The number of nitrogens with one attached hydrogen (secondary N) is 2. The Morgan fingerprint density at radius 1 is 0.926 bits per heavy atom. The van der Waals surface area contributed by atoms with Crippen molar-refractivity contribution in [3.05, 3.63) is 53.6 Å². The summed E-state index contributed by atoms with van der Waals surface area (Å²) in [7, 11) is 0. The molecule has 0 atom stereocenters. The number of rotatable bonds is 9. The van der Waals surface area contributed by atoms with Gasteiger partial charge in [-0.3, -0.25) is 9.59 Å². The molecule has 2 N–H and O–H groups in total. The Morgan fingerprint density at radius 3 is 2.33 bits per heavy atom. The Bertz CT molecular complexity index is 787. The van der Waals surface area contributed by atoms with Crippen molar-refractivity contribution >= 4 is 23.2 Å². The highest BCUT2D eigenvalue weighted by atomic mass is 16.5. The van der Waals surface area contributed by atoms with E-state index in [0.29, 0.717) is 35.7 Å². The molecule has 0 aromatic heterocycles. The van der Waals surface area contributed by atoms with Gasteiger partial charge in [0.05, 0.1) is 12.2 Å². The first kappa shape index (κ1) is 20.5. The lowest BCUT2D eigenvalue weighted by Crippen LogP contribution is -2.16. The van der Waals surface area contributed by atoms with Gasteiger partial charge >= 0.3 is 0 Å². The monoisotopic (exact) mass is 368 g/mol. The van der Waals surface area contributed by atoms with E-state index in [1.165, 1.54) is 0 Å². The zero-order valence-electron chi connectivity index (χ0n) is 16.3. The molecule has 5 nitrogen and oxygen atoms in total. The van der Waals surface area contributed by atoms with E-state index in [1.54, 1.807) is 19.1 Å². The van der Waals surface area contributed by atoms with Gasteiger partial charge in [0.25, 0.3) is 5.91 Å². The van der Waals surface area contributed by atoms with Crippen molar-refractivity contribution in [1.29, 1.82) is 0 Å². The van der Waals surface area contributed by atoms with Crippen LogP contribution < -0.4 is 15.4 Å². The summed E-state index contributed by atoms with van der Waals surface area (Å²) in [5.41, 5.74) is 2.67. The highest BCUT2D eigenvalue weighted by Gasteiger charge is 2.14. The zero-order valence-corrected chi connectivity index (χ0v) is 16.3. The number of carbonyl (C=O) groups excluding carboxylic acids is 2. The summed E-state index contributed by atoms with van der Waals surface area (Å²) in [6, 6.07) is 12.7. The van der Waals surface area contributed by atoms with E-state index in [4.69, 9.17) is 4.74 Å². The summed E-state index contributed by atoms with van der Waals surface area (Å²) in [5.74, 6) is 0.287. The Labute approximate surface area is 161 Å². The molecular formula is C22H28N2O3. The van der Waals surface area contributed by atoms with Gasteiger partial charge in [-0.05, 0) is 43.2 Å². The summed E-state index contributed by atoms with van der Waals surface area (Å²) in [6.45, 7) is 6.40. The number of hydrogen-bond acceptors (Lipinski definition) is 3. The van der Waals surface area contributed by atoms with Crippen molar-refractivity contribution in [2.24, 2.45) is 0 Å². The van der Waals surface area contributed by atoms with Gasteiger partial charge in [-0.1, -0.05) is 44.9 Å². The molecule has 0 unspecified atom stereocenters. The highest BCUT2D eigenvalue weighted by molar-refractivity contribution is 6.07. The summed E-state index contributed by atoms with van der Waals surface area (Å²) >= 11 is 0. The molecule has 0 heterocycles. The SMILES string of the molecule is CCCCCOc1ccccc1C(=O)Nc1cccc(NC(=O)CC)c1C. The van der Waals surface area contributed by atoms with Gasteiger partial charge in [-0.15, -0.1) is 0 Å². The minimum Gasteiger partial charge on any atom is -0.493 e. The van der Waals surface area contributed by atoms with Crippen molar-refractivity contribution in [3.8, 4) is 5.75 Å². The average molecular weight is 368 g/mol. The molecule has 0 aliphatic rings. The molecule has 5 heteroatoms. The molecule has 2 aromatic carbocycles. The summed E-state index contributed by atoms with van der Waals surface area (Å²) in [6.07, 6.45) is 3.59. The van der Waals surface area contributed by atoms with Gasteiger partial charge in [0, 0.05) is 17.8 Å². The molecule has 144 valence electrons. The van der Waals surface area contributed by atoms with Crippen LogP contribution in [0.15, 0.2) is 42.5 Å². The molecule has 0 fully saturated rings. The molecule has 0 spiro atoms. The van der Waals surface area contributed by atoms with Crippen LogP contribution in [0.25, 0.3) is 0 Å². The predicted molar refractivity (Wildman–Crippen MR) is 110 cm³/mol. The maximum atomic E-state index is 12.8. The van der Waals surface area contributed by atoms with Crippen molar-refractivity contribution in [1.82, 2.24) is 0 Å². The van der Waals surface area contributed by atoms with E-state index in [-0.39, 0.29) is 11.8 Å². The van der Waals surface area contributed by atoms with E-state index in [9.17, 15) is 9.59 Å². The number of hydrogen-bond donors (Lipinski definition) is 2. The Morgan fingerprint density at radius 2 is 1.63 bits per heavy atom. The van der Waals surface area contributed by atoms with Crippen molar-refractivity contribution in [3.63, 3.8) is 0 Å². The standard InChI is InChI=1S/C22H28N2O3/c1-4-6-9-15-27-20-14-8-7-11-17(20)22(26)24-19-13-10-12-18(16(19)3)23-21(25)5-2/h7-8,10-14H,4-6,9,15H2,1-3H3,(H,23,25)(H,24,26). The third-order valence-corrected chi connectivity index (χ3v) is 4.31. The van der Waals surface area contributed by atoms with Gasteiger partial charge in [-0.25, -0.2) is 0 Å². The normalized spacial score (nSPS) is 10.3. The third-order valence-electron chi connectivity index (χ3n) is 4.31. The number of carbonyl (C=O) groups is 2. The Hall–Kier alpha value is -2.82. The van der Waals surface area contributed by atoms with Crippen LogP contribution in [-0.2, 0) is 4.79 Å². The average Bonchev–Trinajstić information content (AvgIpc) is 2.68. The fraction of sp³-hybridized carbons (Fsp3) is 0.364. The maximum absolute atomic E-state index is 12.8. The molecular weight excluding hydrogens is 340 g/mol. The van der Waals surface area contributed by atoms with Gasteiger partial charge in [0.2, 0.25) is 5.91 Å². The van der Waals surface area contributed by atoms with E-state index in [1.807, 2.05) is 37.3 Å². The zero-order chi connectivity index (χ0) is 19.6. The first-order chi connectivity index (χ1) is 13.1. The second kappa shape index (κ2) is 10.4. The van der Waals surface area contributed by atoms with E-state index in [2.05, 4.69) is 17.6 Å². The third kappa shape index (κ3) is 5.84. The summed E-state index contributed by atoms with van der Waals surface area (Å²) in [5, 5.41) is 5.78.